The Labute approximate surface area is 544 Å². The molecule has 2 aromatic heterocycles. The van der Waals surface area contributed by atoms with Gasteiger partial charge in [-0.15, -0.1) is 11.3 Å². The van der Waals surface area contributed by atoms with E-state index in [1.54, 1.807) is 17.4 Å². The zero-order valence-electron chi connectivity index (χ0n) is 30.8. The number of carboxylic acids is 1. The van der Waals surface area contributed by atoms with Gasteiger partial charge in [-0.25, -0.2) is 4.85 Å². The number of furan rings is 1. The van der Waals surface area contributed by atoms with Crippen LogP contribution < -0.4 is 4.90 Å². The number of aliphatic carboxylic acids is 1. The molecular weight excluding hydrogens is 969 g/mol. The molecule has 2 heterocycles. The summed E-state index contributed by atoms with van der Waals surface area (Å²) in [4.78, 5) is 27.5. The van der Waals surface area contributed by atoms with Crippen LogP contribution in [-0.2, 0) is 47.7 Å². The summed E-state index contributed by atoms with van der Waals surface area (Å²) in [6.45, 7) is 13.1. The molecule has 14 heteroatoms. The zero-order valence-corrected chi connectivity index (χ0v) is 38.7. The van der Waals surface area contributed by atoms with Crippen LogP contribution in [0.2, 0.25) is 0 Å². The average molecular weight is 1010 g/mol. The number of thiophene rings is 1. The van der Waals surface area contributed by atoms with Crippen molar-refractivity contribution in [3.05, 3.63) is 155 Å². The van der Waals surface area contributed by atoms with Crippen LogP contribution in [0.25, 0.3) is 43.1 Å². The van der Waals surface area contributed by atoms with Crippen LogP contribution >= 0.6 is 11.3 Å². The Kier molecular flexibility index (Phi) is 32.5. The molecule has 0 amide bonds. The van der Waals surface area contributed by atoms with Crippen molar-refractivity contribution < 1.29 is 278 Å². The summed E-state index contributed by atoms with van der Waals surface area (Å²) < 4.78 is 5.90. The number of aldehydes is 1. The molecule has 57 heavy (non-hydrogen) atoms. The van der Waals surface area contributed by atoms with E-state index in [4.69, 9.17) is 15.8 Å². The summed E-state index contributed by atoms with van der Waals surface area (Å²) in [5.41, 5.74) is 9.35. The first-order chi connectivity index (χ1) is 24.4. The SMILES string of the molecule is CC=O.[Ar].[Ar].[Ar].[Ar].[Ar].[Ar].[C-]#[N+]/C(=C\c1ccc(-c2ccc(-c3ccc4c(c3)C(CC)(CC)c3cc(N(c5ccccc5)c5ccccc5)ccc3-4)s2)o1)C(=O)O.[Y]. The predicted molar refractivity (Wildman–Crippen MR) is 203 cm³/mol. The number of carbonyl (C=O) groups excluding carboxylic acids is 1. The quantitative estimate of drug-likeness (QED) is 0.0887. The van der Waals surface area contributed by atoms with Gasteiger partial charge in [-0.3, -0.25) is 4.79 Å². The summed E-state index contributed by atoms with van der Waals surface area (Å²) in [6.07, 6.45) is 3.97. The number of nitrogens with zero attached hydrogens (tertiary/aromatic N) is 2. The van der Waals surface area contributed by atoms with Crippen molar-refractivity contribution in [2.24, 2.45) is 0 Å². The zero-order chi connectivity index (χ0) is 35.3. The van der Waals surface area contributed by atoms with Gasteiger partial charge in [0, 0.05) is 286 Å². The molecule has 1 N–H and O–H groups in total. The van der Waals surface area contributed by atoms with Crippen LogP contribution in [0.15, 0.2) is 131 Å². The molecule has 0 saturated carbocycles. The molecule has 0 atom stereocenters. The van der Waals surface area contributed by atoms with Gasteiger partial charge in [0.15, 0.2) is 0 Å². The van der Waals surface area contributed by atoms with Crippen molar-refractivity contribution in [2.45, 2.75) is 39.0 Å². The first-order valence-electron chi connectivity index (χ1n) is 16.5. The second kappa shape index (κ2) is 30.0. The number of hydrogen-bond acceptors (Lipinski definition) is 5. The molecule has 6 nitrogen and oxygen atoms in total. The molecule has 1 aliphatic rings. The smallest absolute Gasteiger partial charge is 0.333 e. The summed E-state index contributed by atoms with van der Waals surface area (Å²) in [5.74, 6) is -0.292. The molecular formula is C43H36Ar6N2O4SY. The van der Waals surface area contributed by atoms with E-state index in [1.165, 1.54) is 35.3 Å². The third kappa shape index (κ3) is 14.3. The third-order valence-electron chi connectivity index (χ3n) is 9.22. The van der Waals surface area contributed by atoms with Crippen molar-refractivity contribution in [1.29, 1.82) is 0 Å². The van der Waals surface area contributed by atoms with E-state index in [2.05, 4.69) is 127 Å². The van der Waals surface area contributed by atoms with E-state index in [0.29, 0.717) is 11.5 Å². The Morgan fingerprint density at radius 2 is 1.25 bits per heavy atom. The molecule has 0 spiro atoms. The fourth-order valence-electron chi connectivity index (χ4n) is 6.85. The summed E-state index contributed by atoms with van der Waals surface area (Å²) in [6, 6.07) is 42.5. The van der Waals surface area contributed by atoms with Crippen LogP contribution in [0.5, 0.6) is 0 Å². The number of carboxylic acid groups (broad SMARTS) is 1. The number of carbonyl (C=O) groups is 2. The third-order valence-corrected chi connectivity index (χ3v) is 10.4. The Bertz CT molecular complexity index is 2220. The Morgan fingerprint density at radius 1 is 0.737 bits per heavy atom. The van der Waals surface area contributed by atoms with Crippen molar-refractivity contribution in [1.82, 2.24) is 0 Å². The van der Waals surface area contributed by atoms with Crippen LogP contribution in [0, 0.1) is 233 Å². The van der Waals surface area contributed by atoms with E-state index >= 15 is 0 Å². The summed E-state index contributed by atoms with van der Waals surface area (Å²) in [5, 5.41) is 9.19. The summed E-state index contributed by atoms with van der Waals surface area (Å²) in [7, 11) is 0. The Morgan fingerprint density at radius 3 is 1.75 bits per heavy atom. The first-order valence-corrected chi connectivity index (χ1v) is 17.3. The van der Waals surface area contributed by atoms with E-state index in [-0.39, 0.29) is 270 Å². The van der Waals surface area contributed by atoms with E-state index in [1.807, 2.05) is 12.1 Å². The molecule has 0 aliphatic heterocycles. The Hall–Kier alpha value is 2.69. The molecule has 1 aliphatic carbocycles. The minimum absolute atomic E-state index is 0. The maximum Gasteiger partial charge on any atom is 0.333 e. The monoisotopic (exact) mass is 1000 g/mol. The van der Waals surface area contributed by atoms with Crippen LogP contribution in [0.4, 0.5) is 17.1 Å². The first kappa shape index (κ1) is 61.8. The van der Waals surface area contributed by atoms with Gasteiger partial charge in [0.25, 0.3) is 5.70 Å². The molecule has 299 valence electrons. The molecule has 0 unspecified atom stereocenters. The van der Waals surface area contributed by atoms with Crippen molar-refractivity contribution in [3.8, 4) is 32.2 Å². The molecule has 0 saturated heterocycles. The molecule has 0 bridgehead atoms. The van der Waals surface area contributed by atoms with Gasteiger partial charge >= 0.3 is 5.97 Å². The topological polar surface area (TPSA) is 75.1 Å². The van der Waals surface area contributed by atoms with Gasteiger partial charge < -0.3 is 19.2 Å². The molecule has 6 aromatic rings. The largest absolute Gasteiger partial charge is 0.486 e. The van der Waals surface area contributed by atoms with Crippen LogP contribution in [0.1, 0.15) is 50.5 Å². The standard InChI is InChI=1S/C41H32N2O3S.C2H4O.6Ar.Y/c1-4-41(5-2)34-24-27(38-22-23-39(47-38)37-21-18-31(46-37)26-36(42-3)40(44)45)16-19-32(34)33-20-17-30(25-35(33)41)43(28-12-8-6-9-13-28)29-14-10-7-11-15-29;1-2-3;;;;;;;/h6-26H,4-5H2,1-2H3,(H,44,45);2H,1H3;;;;;;;/b36-26-;;;;;;;;. The van der Waals surface area contributed by atoms with Gasteiger partial charge in [0.05, 0.1) is 11.4 Å². The van der Waals surface area contributed by atoms with Gasteiger partial charge in [0.2, 0.25) is 0 Å². The molecule has 4 aromatic carbocycles. The number of hydrogen-bond donors (Lipinski definition) is 1. The normalized spacial score (nSPS) is 11.0. The second-order valence-electron chi connectivity index (χ2n) is 11.8. The van der Waals surface area contributed by atoms with Crippen LogP contribution in [-0.4, -0.2) is 17.4 Å². The number of fused-ring (bicyclic) bond motifs is 3. The fourth-order valence-corrected chi connectivity index (χ4v) is 7.82. The maximum atomic E-state index is 11.3. The number of rotatable bonds is 9. The van der Waals surface area contributed by atoms with Gasteiger partial charge in [-0.05, 0) is 120 Å². The van der Waals surface area contributed by atoms with Gasteiger partial charge in [-0.2, -0.15) is 0 Å². The summed E-state index contributed by atoms with van der Waals surface area (Å²) >= 11 is 1.63. The van der Waals surface area contributed by atoms with E-state index in [9.17, 15) is 9.90 Å². The molecule has 7 rings (SSSR count). The van der Waals surface area contributed by atoms with Crippen molar-refractivity contribution in [3.63, 3.8) is 0 Å². The minimum atomic E-state index is -1.27. The number of anilines is 3. The fraction of sp³-hybridized carbons (Fsp3) is 0.140. The van der Waals surface area contributed by atoms with Crippen molar-refractivity contribution in [2.75, 3.05) is 4.90 Å². The van der Waals surface area contributed by atoms with Gasteiger partial charge in [-0.1, -0.05) is 68.4 Å². The predicted octanol–water partition coefficient (Wildman–Crippen LogP) is 11.8. The van der Waals surface area contributed by atoms with Gasteiger partial charge in [0.1, 0.15) is 17.8 Å². The molecule has 0 fully saturated rings. The minimum Gasteiger partial charge on any atom is -0.486 e. The van der Waals surface area contributed by atoms with E-state index in [0.717, 1.165) is 51.5 Å². The molecule has 1 radical (unpaired) electrons. The average Bonchev–Trinajstić information content (AvgIpc) is 3.89. The van der Waals surface area contributed by atoms with Crippen LogP contribution in [0.3, 0.4) is 0 Å². The Balaban J connectivity index is 0. The van der Waals surface area contributed by atoms with E-state index < -0.39 is 5.97 Å². The second-order valence-corrected chi connectivity index (χ2v) is 12.9. The number of para-hydroxylation sites is 2. The number of benzene rings is 4. The maximum absolute atomic E-state index is 11.3. The van der Waals surface area contributed by atoms with Crippen molar-refractivity contribution >= 4 is 46.7 Å².